The summed E-state index contributed by atoms with van der Waals surface area (Å²) in [6, 6.07) is 17.1. The van der Waals surface area contributed by atoms with E-state index in [-0.39, 0.29) is 5.97 Å². The fourth-order valence-corrected chi connectivity index (χ4v) is 2.67. The fourth-order valence-electron chi connectivity index (χ4n) is 1.66. The van der Waals surface area contributed by atoms with Gasteiger partial charge in [0.1, 0.15) is 0 Å². The second-order valence-corrected chi connectivity index (χ2v) is 5.75. The van der Waals surface area contributed by atoms with Gasteiger partial charge in [-0.1, -0.05) is 53.7 Å². The first-order chi connectivity index (χ1) is 10.2. The lowest BCUT2D eigenvalue weighted by Crippen LogP contribution is -2.05. The molecule has 0 atom stereocenters. The maximum atomic E-state index is 12.1. The van der Waals surface area contributed by atoms with Gasteiger partial charge in [0.05, 0.1) is 11.5 Å². The van der Waals surface area contributed by atoms with Crippen LogP contribution in [0.5, 0.6) is 0 Å². The minimum Gasteiger partial charge on any atom is -0.462 e. The molecule has 0 saturated heterocycles. The number of benzene rings is 2. The number of esters is 1. The zero-order valence-corrected chi connectivity index (χ0v) is 13.2. The van der Waals surface area contributed by atoms with Gasteiger partial charge in [-0.2, -0.15) is 0 Å². The zero-order valence-electron chi connectivity index (χ0n) is 11.6. The molecule has 2 aromatic rings. The molecule has 0 heterocycles. The highest BCUT2D eigenvalue weighted by molar-refractivity contribution is 8.04. The van der Waals surface area contributed by atoms with Crippen molar-refractivity contribution in [2.45, 2.75) is 11.8 Å². The Kier molecular flexibility index (Phi) is 5.90. The largest absolute Gasteiger partial charge is 0.462 e. The second-order valence-electron chi connectivity index (χ2n) is 4.20. The monoisotopic (exact) mass is 318 g/mol. The van der Waals surface area contributed by atoms with Crippen molar-refractivity contribution < 1.29 is 9.53 Å². The minimum atomic E-state index is -0.318. The summed E-state index contributed by atoms with van der Waals surface area (Å²) in [7, 11) is 0. The van der Waals surface area contributed by atoms with Crippen LogP contribution in [0.2, 0.25) is 5.02 Å². The summed E-state index contributed by atoms with van der Waals surface area (Å²) in [6.45, 7) is 2.15. The molecular weight excluding hydrogens is 304 g/mol. The zero-order chi connectivity index (χ0) is 15.1. The molecule has 0 amide bonds. The molecule has 21 heavy (non-hydrogen) atoms. The Labute approximate surface area is 133 Å². The van der Waals surface area contributed by atoms with Crippen LogP contribution in [0.15, 0.2) is 64.4 Å². The second kappa shape index (κ2) is 7.91. The van der Waals surface area contributed by atoms with Crippen LogP contribution in [0.1, 0.15) is 12.5 Å². The maximum Gasteiger partial charge on any atom is 0.344 e. The molecular formula is C17H15ClO2S. The van der Waals surface area contributed by atoms with E-state index >= 15 is 0 Å². The van der Waals surface area contributed by atoms with E-state index in [0.29, 0.717) is 16.5 Å². The molecule has 2 aromatic carbocycles. The Morgan fingerprint density at radius 2 is 1.81 bits per heavy atom. The maximum absolute atomic E-state index is 12.1. The number of halogens is 1. The lowest BCUT2D eigenvalue weighted by Gasteiger charge is -2.07. The highest BCUT2D eigenvalue weighted by Crippen LogP contribution is 2.29. The molecule has 0 N–H and O–H groups in total. The molecule has 0 bridgehead atoms. The average Bonchev–Trinajstić information content (AvgIpc) is 2.50. The van der Waals surface area contributed by atoms with E-state index in [9.17, 15) is 4.79 Å². The summed E-state index contributed by atoms with van der Waals surface area (Å²) < 4.78 is 5.12. The van der Waals surface area contributed by atoms with Gasteiger partial charge in [-0.25, -0.2) is 4.79 Å². The van der Waals surface area contributed by atoms with Crippen LogP contribution < -0.4 is 0 Å². The van der Waals surface area contributed by atoms with E-state index < -0.39 is 0 Å². The van der Waals surface area contributed by atoms with Crippen LogP contribution in [0.25, 0.3) is 6.08 Å². The smallest absolute Gasteiger partial charge is 0.344 e. The van der Waals surface area contributed by atoms with Crippen molar-refractivity contribution in [2.75, 3.05) is 6.61 Å². The van der Waals surface area contributed by atoms with Crippen molar-refractivity contribution >= 4 is 35.4 Å². The standard InChI is InChI=1S/C17H15ClO2S/c1-2-20-17(19)16(21-15-6-4-3-5-7-15)12-13-8-10-14(18)11-9-13/h3-12H,2H2,1H3/b16-12-. The van der Waals surface area contributed by atoms with Gasteiger partial charge in [-0.15, -0.1) is 0 Å². The van der Waals surface area contributed by atoms with Gasteiger partial charge < -0.3 is 4.74 Å². The highest BCUT2D eigenvalue weighted by atomic mass is 35.5. The van der Waals surface area contributed by atoms with Crippen LogP contribution in [0.4, 0.5) is 0 Å². The van der Waals surface area contributed by atoms with Crippen LogP contribution >= 0.6 is 23.4 Å². The summed E-state index contributed by atoms with van der Waals surface area (Å²) in [4.78, 5) is 13.6. The van der Waals surface area contributed by atoms with E-state index in [1.54, 1.807) is 19.1 Å². The van der Waals surface area contributed by atoms with E-state index in [0.717, 1.165) is 10.5 Å². The molecule has 2 rings (SSSR count). The van der Waals surface area contributed by atoms with Crippen molar-refractivity contribution in [1.29, 1.82) is 0 Å². The Bertz CT molecular complexity index is 621. The Balaban J connectivity index is 2.27. The van der Waals surface area contributed by atoms with Crippen molar-refractivity contribution in [2.24, 2.45) is 0 Å². The summed E-state index contributed by atoms with van der Waals surface area (Å²) in [6.07, 6.45) is 1.81. The van der Waals surface area contributed by atoms with E-state index in [1.807, 2.05) is 48.5 Å². The quantitative estimate of drug-likeness (QED) is 0.439. The molecule has 108 valence electrons. The number of hydrogen-bond donors (Lipinski definition) is 0. The molecule has 2 nitrogen and oxygen atoms in total. The summed E-state index contributed by atoms with van der Waals surface area (Å²) in [5.74, 6) is -0.318. The number of carbonyl (C=O) groups excluding carboxylic acids is 1. The van der Waals surface area contributed by atoms with Crippen molar-refractivity contribution in [3.63, 3.8) is 0 Å². The molecule has 0 radical (unpaired) electrons. The Morgan fingerprint density at radius 3 is 2.43 bits per heavy atom. The molecule has 0 fully saturated rings. The van der Waals surface area contributed by atoms with Crippen LogP contribution in [0.3, 0.4) is 0 Å². The first-order valence-electron chi connectivity index (χ1n) is 6.56. The van der Waals surface area contributed by atoms with Crippen LogP contribution in [-0.4, -0.2) is 12.6 Å². The highest BCUT2D eigenvalue weighted by Gasteiger charge is 2.12. The predicted molar refractivity (Wildman–Crippen MR) is 88.4 cm³/mol. The lowest BCUT2D eigenvalue weighted by molar-refractivity contribution is -0.137. The average molecular weight is 319 g/mol. The van der Waals surface area contributed by atoms with Crippen molar-refractivity contribution in [3.8, 4) is 0 Å². The third kappa shape index (κ3) is 4.96. The van der Waals surface area contributed by atoms with Gasteiger partial charge in [0.2, 0.25) is 0 Å². The molecule has 4 heteroatoms. The summed E-state index contributed by atoms with van der Waals surface area (Å²) in [5, 5.41) is 0.667. The number of rotatable bonds is 5. The molecule has 0 spiro atoms. The molecule has 0 aliphatic carbocycles. The third-order valence-corrected chi connectivity index (χ3v) is 3.88. The van der Waals surface area contributed by atoms with Crippen LogP contribution in [0, 0.1) is 0 Å². The van der Waals surface area contributed by atoms with Gasteiger partial charge in [0.15, 0.2) is 0 Å². The molecule has 0 saturated carbocycles. The first kappa shape index (κ1) is 15.7. The van der Waals surface area contributed by atoms with E-state index in [2.05, 4.69) is 0 Å². The number of hydrogen-bond acceptors (Lipinski definition) is 3. The summed E-state index contributed by atoms with van der Waals surface area (Å²) in [5.41, 5.74) is 0.908. The predicted octanol–water partition coefficient (Wildman–Crippen LogP) is 5.04. The van der Waals surface area contributed by atoms with Crippen molar-refractivity contribution in [1.82, 2.24) is 0 Å². The normalized spacial score (nSPS) is 11.2. The van der Waals surface area contributed by atoms with E-state index in [1.165, 1.54) is 11.8 Å². The van der Waals surface area contributed by atoms with Crippen molar-refractivity contribution in [3.05, 3.63) is 70.1 Å². The van der Waals surface area contributed by atoms with Gasteiger partial charge in [0, 0.05) is 9.92 Å². The molecule has 0 aliphatic heterocycles. The van der Waals surface area contributed by atoms with Gasteiger partial charge in [-0.3, -0.25) is 0 Å². The Morgan fingerprint density at radius 1 is 1.14 bits per heavy atom. The summed E-state index contributed by atoms with van der Waals surface area (Å²) >= 11 is 7.26. The number of carbonyl (C=O) groups is 1. The number of thioether (sulfide) groups is 1. The number of ether oxygens (including phenoxy) is 1. The topological polar surface area (TPSA) is 26.3 Å². The lowest BCUT2D eigenvalue weighted by atomic mass is 10.2. The SMILES string of the molecule is CCOC(=O)/C(=C/c1ccc(Cl)cc1)Sc1ccccc1. The van der Waals surface area contributed by atoms with Crippen LogP contribution in [-0.2, 0) is 9.53 Å². The first-order valence-corrected chi connectivity index (χ1v) is 7.76. The Hall–Kier alpha value is -1.71. The molecule has 0 unspecified atom stereocenters. The van der Waals surface area contributed by atoms with E-state index in [4.69, 9.17) is 16.3 Å². The minimum absolute atomic E-state index is 0.318. The van der Waals surface area contributed by atoms with Gasteiger partial charge in [0.25, 0.3) is 0 Å². The van der Waals surface area contributed by atoms with Gasteiger partial charge in [-0.05, 0) is 42.8 Å². The molecule has 0 aliphatic rings. The third-order valence-electron chi connectivity index (χ3n) is 2.62. The fraction of sp³-hybridized carbons (Fsp3) is 0.118. The molecule has 0 aromatic heterocycles. The van der Waals surface area contributed by atoms with Gasteiger partial charge >= 0.3 is 5.97 Å².